The van der Waals surface area contributed by atoms with Crippen molar-refractivity contribution in [3.8, 4) is 0 Å². The number of benzene rings is 1. The molecule has 20 heavy (non-hydrogen) atoms. The van der Waals surface area contributed by atoms with E-state index in [9.17, 15) is 4.39 Å². The highest BCUT2D eigenvalue weighted by Crippen LogP contribution is 2.42. The van der Waals surface area contributed by atoms with Crippen molar-refractivity contribution < 1.29 is 4.39 Å². The average Bonchev–Trinajstić information content (AvgIpc) is 2.96. The van der Waals surface area contributed by atoms with Gasteiger partial charge in [0.05, 0.1) is 6.04 Å². The first-order valence-corrected chi connectivity index (χ1v) is 8.01. The van der Waals surface area contributed by atoms with Crippen LogP contribution in [0, 0.1) is 0 Å². The molecule has 0 bridgehead atoms. The van der Waals surface area contributed by atoms with Gasteiger partial charge in [0.2, 0.25) is 5.16 Å². The third-order valence-electron chi connectivity index (χ3n) is 4.15. The van der Waals surface area contributed by atoms with E-state index < -0.39 is 6.17 Å². The molecule has 0 N–H and O–H groups in total. The summed E-state index contributed by atoms with van der Waals surface area (Å²) in [4.78, 5) is 4.41. The molecular formula is C15H16FN3S. The largest absolute Gasteiger partial charge is 0.239 e. The third-order valence-corrected chi connectivity index (χ3v) is 5.34. The molecule has 0 amide bonds. The van der Waals surface area contributed by atoms with Gasteiger partial charge in [-0.2, -0.15) is 0 Å². The number of hydrogen-bond donors (Lipinski definition) is 0. The number of thioether (sulfide) groups is 1. The van der Waals surface area contributed by atoms with E-state index in [0.29, 0.717) is 17.5 Å². The van der Waals surface area contributed by atoms with Gasteiger partial charge in [-0.15, -0.1) is 5.10 Å². The van der Waals surface area contributed by atoms with Gasteiger partial charge in [0.15, 0.2) is 12.0 Å². The van der Waals surface area contributed by atoms with E-state index >= 15 is 0 Å². The maximum atomic E-state index is 14.2. The van der Waals surface area contributed by atoms with Gasteiger partial charge in [-0.05, 0) is 18.4 Å². The van der Waals surface area contributed by atoms with Crippen molar-refractivity contribution in [1.82, 2.24) is 14.8 Å². The second-order valence-electron chi connectivity index (χ2n) is 5.50. The summed E-state index contributed by atoms with van der Waals surface area (Å²) in [5.41, 5.74) is 1.11. The minimum absolute atomic E-state index is 0.00978. The van der Waals surface area contributed by atoms with Gasteiger partial charge in [-0.3, -0.25) is 0 Å². The number of alkyl halides is 1. The number of fused-ring (bicyclic) bond motifs is 1. The fourth-order valence-electron chi connectivity index (χ4n) is 2.80. The number of halogens is 1. The Morgan fingerprint density at radius 3 is 2.70 bits per heavy atom. The first-order chi connectivity index (χ1) is 9.81. The molecule has 1 aliphatic carbocycles. The molecule has 3 nitrogen and oxygen atoms in total. The van der Waals surface area contributed by atoms with Crippen molar-refractivity contribution >= 4 is 11.8 Å². The predicted molar refractivity (Wildman–Crippen MR) is 76.6 cm³/mol. The summed E-state index contributed by atoms with van der Waals surface area (Å²) >= 11 is 1.70. The third kappa shape index (κ3) is 2.04. The van der Waals surface area contributed by atoms with Crippen molar-refractivity contribution in [1.29, 1.82) is 0 Å². The SMILES string of the molecule is F[C@H]1C[C@@H](c2ccccc2)n2nc(SC3CCC3)nc21. The summed E-state index contributed by atoms with van der Waals surface area (Å²) in [5, 5.41) is 5.92. The summed E-state index contributed by atoms with van der Waals surface area (Å²) in [6.07, 6.45) is 3.21. The van der Waals surface area contributed by atoms with E-state index in [4.69, 9.17) is 0 Å². The lowest BCUT2D eigenvalue weighted by Gasteiger charge is -2.22. The van der Waals surface area contributed by atoms with Gasteiger partial charge in [0, 0.05) is 11.7 Å². The van der Waals surface area contributed by atoms with Crippen molar-refractivity contribution in [2.24, 2.45) is 0 Å². The highest BCUT2D eigenvalue weighted by molar-refractivity contribution is 7.99. The van der Waals surface area contributed by atoms with Gasteiger partial charge in [0.25, 0.3) is 0 Å². The molecular weight excluding hydrogens is 273 g/mol. The van der Waals surface area contributed by atoms with Crippen LogP contribution in [0.4, 0.5) is 4.39 Å². The zero-order chi connectivity index (χ0) is 13.5. The zero-order valence-electron chi connectivity index (χ0n) is 11.1. The van der Waals surface area contributed by atoms with Crippen LogP contribution in [0.15, 0.2) is 35.5 Å². The Bertz CT molecular complexity index is 609. The normalized spacial score (nSPS) is 25.4. The highest BCUT2D eigenvalue weighted by Gasteiger charge is 2.36. The topological polar surface area (TPSA) is 30.7 Å². The highest BCUT2D eigenvalue weighted by atomic mass is 32.2. The molecule has 0 radical (unpaired) electrons. The molecule has 0 unspecified atom stereocenters. The van der Waals surface area contributed by atoms with Crippen molar-refractivity contribution in [2.75, 3.05) is 0 Å². The standard InChI is InChI=1S/C15H16FN3S/c16-12-9-13(10-5-2-1-3-6-10)19-14(12)17-15(18-19)20-11-7-4-8-11/h1-3,5-6,11-13H,4,7-9H2/t12-,13-/m0/s1. The number of aromatic nitrogens is 3. The van der Waals surface area contributed by atoms with Crippen LogP contribution in [0.5, 0.6) is 0 Å². The van der Waals surface area contributed by atoms with Crippen LogP contribution >= 0.6 is 11.8 Å². The maximum Gasteiger partial charge on any atom is 0.209 e. The van der Waals surface area contributed by atoms with Crippen LogP contribution < -0.4 is 0 Å². The van der Waals surface area contributed by atoms with Crippen LogP contribution in [-0.2, 0) is 0 Å². The molecule has 5 heteroatoms. The van der Waals surface area contributed by atoms with E-state index in [0.717, 1.165) is 10.7 Å². The lowest BCUT2D eigenvalue weighted by Crippen LogP contribution is -2.13. The van der Waals surface area contributed by atoms with E-state index in [-0.39, 0.29) is 6.04 Å². The maximum absolute atomic E-state index is 14.2. The van der Waals surface area contributed by atoms with Gasteiger partial charge < -0.3 is 0 Å². The first-order valence-electron chi connectivity index (χ1n) is 7.13. The van der Waals surface area contributed by atoms with Crippen molar-refractivity contribution in [3.63, 3.8) is 0 Å². The molecule has 0 spiro atoms. The molecule has 1 aliphatic heterocycles. The summed E-state index contributed by atoms with van der Waals surface area (Å²) < 4.78 is 16.0. The Morgan fingerprint density at radius 1 is 1.20 bits per heavy atom. The first kappa shape index (κ1) is 12.4. The summed E-state index contributed by atoms with van der Waals surface area (Å²) in [6, 6.07) is 10.0. The fraction of sp³-hybridized carbons (Fsp3) is 0.467. The van der Waals surface area contributed by atoms with Crippen molar-refractivity contribution in [3.05, 3.63) is 41.7 Å². The van der Waals surface area contributed by atoms with E-state index in [1.165, 1.54) is 19.3 Å². The molecule has 1 aromatic heterocycles. The van der Waals surface area contributed by atoms with Crippen LogP contribution in [-0.4, -0.2) is 20.0 Å². The number of rotatable bonds is 3. The van der Waals surface area contributed by atoms with E-state index in [1.807, 2.05) is 30.3 Å². The molecule has 1 fully saturated rings. The average molecular weight is 289 g/mol. The van der Waals surface area contributed by atoms with E-state index in [1.54, 1.807) is 16.4 Å². The Morgan fingerprint density at radius 2 is 2.00 bits per heavy atom. The molecule has 4 rings (SSSR count). The molecule has 1 aromatic carbocycles. The Hall–Kier alpha value is -1.36. The van der Waals surface area contributed by atoms with Crippen LogP contribution in [0.1, 0.15) is 49.3 Å². The van der Waals surface area contributed by atoms with Crippen molar-refractivity contribution in [2.45, 2.75) is 48.3 Å². The molecule has 0 saturated heterocycles. The fourth-order valence-corrected chi connectivity index (χ4v) is 3.95. The van der Waals surface area contributed by atoms with Gasteiger partial charge >= 0.3 is 0 Å². The quantitative estimate of drug-likeness (QED) is 0.858. The number of nitrogens with zero attached hydrogens (tertiary/aromatic N) is 3. The molecule has 2 aromatic rings. The summed E-state index contributed by atoms with van der Waals surface area (Å²) in [6.45, 7) is 0. The minimum Gasteiger partial charge on any atom is -0.239 e. The van der Waals surface area contributed by atoms with Gasteiger partial charge in [0.1, 0.15) is 0 Å². The Kier molecular flexibility index (Phi) is 3.02. The molecule has 2 heterocycles. The lowest BCUT2D eigenvalue weighted by atomic mass is 10.0. The summed E-state index contributed by atoms with van der Waals surface area (Å²) in [5.74, 6) is 0.501. The molecule has 1 saturated carbocycles. The van der Waals surface area contributed by atoms with Crippen LogP contribution in [0.25, 0.3) is 0 Å². The molecule has 2 aliphatic rings. The summed E-state index contributed by atoms with van der Waals surface area (Å²) in [7, 11) is 0. The van der Waals surface area contributed by atoms with Crippen LogP contribution in [0.3, 0.4) is 0 Å². The molecule has 2 atom stereocenters. The van der Waals surface area contributed by atoms with Gasteiger partial charge in [-0.1, -0.05) is 48.5 Å². The lowest BCUT2D eigenvalue weighted by molar-refractivity contribution is 0.327. The van der Waals surface area contributed by atoms with Crippen LogP contribution in [0.2, 0.25) is 0 Å². The van der Waals surface area contributed by atoms with Gasteiger partial charge in [-0.25, -0.2) is 14.1 Å². The Labute approximate surface area is 121 Å². The van der Waals surface area contributed by atoms with E-state index in [2.05, 4.69) is 10.1 Å². The Balaban J connectivity index is 1.64. The predicted octanol–water partition coefficient (Wildman–Crippen LogP) is 3.93. The molecule has 104 valence electrons. The second kappa shape index (κ2) is 4.88. The number of hydrogen-bond acceptors (Lipinski definition) is 3. The monoisotopic (exact) mass is 289 g/mol. The second-order valence-corrected chi connectivity index (χ2v) is 6.77. The smallest absolute Gasteiger partial charge is 0.209 e. The zero-order valence-corrected chi connectivity index (χ0v) is 11.9. The minimum atomic E-state index is -0.997.